The van der Waals surface area contributed by atoms with E-state index in [1.165, 1.54) is 18.9 Å². The van der Waals surface area contributed by atoms with E-state index in [-0.39, 0.29) is 17.5 Å². The van der Waals surface area contributed by atoms with Gasteiger partial charge in [-0.3, -0.25) is 0 Å². The van der Waals surface area contributed by atoms with Crippen LogP contribution in [0, 0.1) is 16.7 Å². The van der Waals surface area contributed by atoms with Gasteiger partial charge in [0.15, 0.2) is 0 Å². The lowest BCUT2D eigenvalue weighted by atomic mass is 9.70. The number of hydrogen-bond donors (Lipinski definition) is 0. The Bertz CT molecular complexity index is 306. The number of esters is 1. The van der Waals surface area contributed by atoms with E-state index in [1.54, 1.807) is 0 Å². The third-order valence-corrected chi connectivity index (χ3v) is 5.14. The van der Waals surface area contributed by atoms with Crippen LogP contribution in [0.5, 0.6) is 0 Å². The zero-order chi connectivity index (χ0) is 11.3. The van der Waals surface area contributed by atoms with Crippen LogP contribution in [0.4, 0.5) is 0 Å². The Balaban J connectivity index is 2.19. The molecule has 0 aromatic carbocycles. The van der Waals surface area contributed by atoms with Crippen molar-refractivity contribution in [2.45, 2.75) is 46.1 Å². The highest BCUT2D eigenvalue weighted by molar-refractivity contribution is 5.81. The number of carbonyl (C=O) groups is 1. The minimum absolute atomic E-state index is 0.0942. The van der Waals surface area contributed by atoms with E-state index in [0.29, 0.717) is 11.3 Å². The second-order valence-electron chi connectivity index (χ2n) is 5.74. The fraction of sp³-hybridized carbons (Fsp3) is 0.769. The molecule has 2 rings (SSSR count). The van der Waals surface area contributed by atoms with Crippen molar-refractivity contribution in [2.75, 3.05) is 0 Å². The Morgan fingerprint density at radius 1 is 1.47 bits per heavy atom. The van der Waals surface area contributed by atoms with Gasteiger partial charge in [0.05, 0.1) is 0 Å². The predicted molar refractivity (Wildman–Crippen MR) is 59.3 cm³/mol. The number of fused-ring (bicyclic) bond motifs is 2. The van der Waals surface area contributed by atoms with Crippen LogP contribution in [0.15, 0.2) is 12.7 Å². The molecule has 2 bridgehead atoms. The van der Waals surface area contributed by atoms with E-state index in [1.807, 2.05) is 0 Å². The van der Waals surface area contributed by atoms with E-state index in [0.717, 1.165) is 6.42 Å². The van der Waals surface area contributed by atoms with E-state index >= 15 is 0 Å². The maximum Gasteiger partial charge on any atom is 0.330 e. The SMILES string of the molecule is C=CC(=O)O[C@@H]1CC2CCC1(C)C2(C)C. The van der Waals surface area contributed by atoms with Crippen LogP contribution < -0.4 is 0 Å². The third-order valence-electron chi connectivity index (χ3n) is 5.14. The van der Waals surface area contributed by atoms with Crippen LogP contribution in [0.1, 0.15) is 40.0 Å². The number of rotatable bonds is 2. The molecule has 2 saturated carbocycles. The molecule has 0 spiro atoms. The van der Waals surface area contributed by atoms with E-state index in [4.69, 9.17) is 4.74 Å². The highest BCUT2D eigenvalue weighted by atomic mass is 16.5. The van der Waals surface area contributed by atoms with Gasteiger partial charge in [-0.25, -0.2) is 4.79 Å². The van der Waals surface area contributed by atoms with Crippen molar-refractivity contribution >= 4 is 5.97 Å². The first kappa shape index (κ1) is 10.7. The number of carbonyl (C=O) groups excluding carboxylic acids is 1. The number of hydrogen-bond acceptors (Lipinski definition) is 2. The maximum absolute atomic E-state index is 11.3. The summed E-state index contributed by atoms with van der Waals surface area (Å²) in [6.07, 6.45) is 4.85. The van der Waals surface area contributed by atoms with Crippen molar-refractivity contribution in [1.29, 1.82) is 0 Å². The summed E-state index contributed by atoms with van der Waals surface area (Å²) in [5, 5.41) is 0. The zero-order valence-electron chi connectivity index (χ0n) is 9.88. The highest BCUT2D eigenvalue weighted by Crippen LogP contribution is 2.66. The summed E-state index contributed by atoms with van der Waals surface area (Å²) in [6, 6.07) is 0. The van der Waals surface area contributed by atoms with Gasteiger partial charge in [0.1, 0.15) is 6.10 Å². The molecule has 0 aromatic rings. The third kappa shape index (κ3) is 1.27. The molecule has 0 aromatic heterocycles. The predicted octanol–water partition coefficient (Wildman–Crippen LogP) is 2.93. The smallest absolute Gasteiger partial charge is 0.330 e. The van der Waals surface area contributed by atoms with Crippen molar-refractivity contribution in [3.05, 3.63) is 12.7 Å². The zero-order valence-corrected chi connectivity index (χ0v) is 9.88. The first-order chi connectivity index (χ1) is 6.91. The van der Waals surface area contributed by atoms with Crippen LogP contribution >= 0.6 is 0 Å². The molecule has 0 saturated heterocycles. The fourth-order valence-electron chi connectivity index (χ4n) is 3.50. The molecule has 0 N–H and O–H groups in total. The van der Waals surface area contributed by atoms with Gasteiger partial charge in [0, 0.05) is 11.5 Å². The molecule has 2 aliphatic rings. The van der Waals surface area contributed by atoms with Crippen molar-refractivity contribution < 1.29 is 9.53 Å². The summed E-state index contributed by atoms with van der Waals surface area (Å²) < 4.78 is 5.48. The second-order valence-corrected chi connectivity index (χ2v) is 5.74. The molecule has 0 amide bonds. The molecule has 15 heavy (non-hydrogen) atoms. The van der Waals surface area contributed by atoms with Crippen molar-refractivity contribution in [3.8, 4) is 0 Å². The lowest BCUT2D eigenvalue weighted by Gasteiger charge is -2.38. The van der Waals surface area contributed by atoms with Crippen LogP contribution in [-0.2, 0) is 9.53 Å². The molecule has 0 radical (unpaired) electrons. The van der Waals surface area contributed by atoms with Gasteiger partial charge in [-0.2, -0.15) is 0 Å². The lowest BCUT2D eigenvalue weighted by Crippen LogP contribution is -2.38. The summed E-state index contributed by atoms with van der Waals surface area (Å²) in [5.41, 5.74) is 0.468. The molecule has 2 unspecified atom stereocenters. The van der Waals surface area contributed by atoms with Crippen molar-refractivity contribution in [2.24, 2.45) is 16.7 Å². The Morgan fingerprint density at radius 2 is 2.13 bits per heavy atom. The first-order valence-electron chi connectivity index (χ1n) is 5.75. The normalized spacial score (nSPS) is 41.5. The molecule has 2 fully saturated rings. The Kier molecular flexibility index (Phi) is 2.21. The molecule has 2 nitrogen and oxygen atoms in total. The average Bonchev–Trinajstić information content (AvgIpc) is 2.50. The highest BCUT2D eigenvalue weighted by Gasteiger charge is 2.62. The van der Waals surface area contributed by atoms with Gasteiger partial charge in [-0.05, 0) is 30.6 Å². The van der Waals surface area contributed by atoms with Gasteiger partial charge in [0.25, 0.3) is 0 Å². The van der Waals surface area contributed by atoms with Gasteiger partial charge in [-0.15, -0.1) is 0 Å². The second kappa shape index (κ2) is 3.10. The molecular formula is C13H20O2. The van der Waals surface area contributed by atoms with E-state index in [9.17, 15) is 4.79 Å². The summed E-state index contributed by atoms with van der Waals surface area (Å²) in [6.45, 7) is 10.3. The summed E-state index contributed by atoms with van der Waals surface area (Å²) in [5.74, 6) is 0.440. The van der Waals surface area contributed by atoms with E-state index < -0.39 is 0 Å². The minimum atomic E-state index is -0.274. The molecule has 2 aliphatic carbocycles. The maximum atomic E-state index is 11.3. The van der Waals surface area contributed by atoms with E-state index in [2.05, 4.69) is 27.4 Å². The molecule has 3 atom stereocenters. The van der Waals surface area contributed by atoms with Crippen LogP contribution in [0.25, 0.3) is 0 Å². The van der Waals surface area contributed by atoms with Crippen LogP contribution in [0.3, 0.4) is 0 Å². The Labute approximate surface area is 91.7 Å². The van der Waals surface area contributed by atoms with Gasteiger partial charge in [-0.1, -0.05) is 27.4 Å². The summed E-state index contributed by atoms with van der Waals surface area (Å²) in [4.78, 5) is 11.3. The summed E-state index contributed by atoms with van der Waals surface area (Å²) >= 11 is 0. The minimum Gasteiger partial charge on any atom is -0.459 e. The van der Waals surface area contributed by atoms with Gasteiger partial charge < -0.3 is 4.74 Å². The fourth-order valence-corrected chi connectivity index (χ4v) is 3.50. The van der Waals surface area contributed by atoms with Gasteiger partial charge in [0.2, 0.25) is 0 Å². The first-order valence-corrected chi connectivity index (χ1v) is 5.75. The lowest BCUT2D eigenvalue weighted by molar-refractivity contribution is -0.150. The standard InChI is InChI=1S/C13H20O2/c1-5-11(14)15-10-8-9-6-7-13(10,4)12(9,2)3/h5,9-10H,1,6-8H2,2-4H3/t9?,10-,13?/m1/s1. The molecule has 0 aliphatic heterocycles. The quantitative estimate of drug-likeness (QED) is 0.515. The molecule has 0 heterocycles. The monoisotopic (exact) mass is 208 g/mol. The molecule has 84 valence electrons. The van der Waals surface area contributed by atoms with Crippen LogP contribution in [-0.4, -0.2) is 12.1 Å². The molecular weight excluding hydrogens is 188 g/mol. The van der Waals surface area contributed by atoms with Crippen molar-refractivity contribution in [3.63, 3.8) is 0 Å². The van der Waals surface area contributed by atoms with Crippen LogP contribution in [0.2, 0.25) is 0 Å². The Morgan fingerprint density at radius 3 is 2.53 bits per heavy atom. The van der Waals surface area contributed by atoms with Gasteiger partial charge >= 0.3 is 5.97 Å². The largest absolute Gasteiger partial charge is 0.459 e. The Hall–Kier alpha value is -0.790. The molecule has 2 heteroatoms. The summed E-state index contributed by atoms with van der Waals surface area (Å²) in [7, 11) is 0. The number of ether oxygens (including phenoxy) is 1. The topological polar surface area (TPSA) is 26.3 Å². The average molecular weight is 208 g/mol. The van der Waals surface area contributed by atoms with Crippen molar-refractivity contribution in [1.82, 2.24) is 0 Å².